The fraction of sp³-hybridized carbons (Fsp3) is 0.500. The molecule has 0 fully saturated rings. The molecule has 1 heterocycles. The van der Waals surface area contributed by atoms with E-state index in [0.717, 1.165) is 18.4 Å². The molecule has 2 nitrogen and oxygen atoms in total. The predicted molar refractivity (Wildman–Crippen MR) is 31.4 cm³/mol. The highest BCUT2D eigenvalue weighted by molar-refractivity contribution is 5.73. The van der Waals surface area contributed by atoms with E-state index in [9.17, 15) is 4.79 Å². The van der Waals surface area contributed by atoms with Gasteiger partial charge in [0.15, 0.2) is 6.29 Å². The largest absolute Gasteiger partial charge is 0.380 e. The highest BCUT2D eigenvalue weighted by atomic mass is 16.1. The van der Waals surface area contributed by atoms with Crippen LogP contribution in [0.25, 0.3) is 0 Å². The maximum Gasteiger partial charge on any atom is 0.165 e. The molecule has 0 bridgehead atoms. The van der Waals surface area contributed by atoms with Gasteiger partial charge < -0.3 is 5.32 Å². The molecule has 0 spiro atoms. The summed E-state index contributed by atoms with van der Waals surface area (Å²) in [6.07, 6.45) is 3.75. The minimum atomic E-state index is 0.454. The fourth-order valence-corrected chi connectivity index (χ4v) is 0.788. The Bertz CT molecular complexity index is 128. The molecule has 0 amide bonds. The molecule has 0 saturated carbocycles. The molecule has 0 saturated heterocycles. The third-order valence-electron chi connectivity index (χ3n) is 1.23. The minimum Gasteiger partial charge on any atom is -0.380 e. The Hall–Kier alpha value is -0.790. The normalized spacial score (nSPS) is 26.6. The first-order valence-corrected chi connectivity index (χ1v) is 2.75. The summed E-state index contributed by atoms with van der Waals surface area (Å²) in [5.74, 6) is 0. The van der Waals surface area contributed by atoms with Crippen LogP contribution in [0.5, 0.6) is 0 Å². The second kappa shape index (κ2) is 1.99. The average molecular weight is 111 g/mol. The van der Waals surface area contributed by atoms with Crippen molar-refractivity contribution in [3.05, 3.63) is 11.8 Å². The molecule has 1 unspecified atom stereocenters. The maximum atomic E-state index is 10.0. The van der Waals surface area contributed by atoms with Gasteiger partial charge in [-0.15, -0.1) is 0 Å². The van der Waals surface area contributed by atoms with E-state index in [1.54, 1.807) is 0 Å². The Kier molecular flexibility index (Phi) is 1.33. The number of hydrogen-bond acceptors (Lipinski definition) is 2. The van der Waals surface area contributed by atoms with Gasteiger partial charge in [-0.25, -0.2) is 0 Å². The van der Waals surface area contributed by atoms with Crippen molar-refractivity contribution in [1.82, 2.24) is 5.32 Å². The lowest BCUT2D eigenvalue weighted by atomic mass is 10.3. The average Bonchev–Trinajstić information content (AvgIpc) is 2.14. The fourth-order valence-electron chi connectivity index (χ4n) is 0.788. The van der Waals surface area contributed by atoms with E-state index in [1.165, 1.54) is 0 Å². The smallest absolute Gasteiger partial charge is 0.165 e. The SMILES string of the molecule is CC1CC=C(C=O)N1. The highest BCUT2D eigenvalue weighted by Gasteiger charge is 2.07. The van der Waals surface area contributed by atoms with Crippen LogP contribution in [-0.2, 0) is 4.79 Å². The van der Waals surface area contributed by atoms with E-state index >= 15 is 0 Å². The Morgan fingerprint density at radius 1 is 2.00 bits per heavy atom. The van der Waals surface area contributed by atoms with E-state index in [2.05, 4.69) is 5.32 Å². The number of hydrogen-bond donors (Lipinski definition) is 1. The Morgan fingerprint density at radius 3 is 3.00 bits per heavy atom. The molecule has 1 aliphatic heterocycles. The lowest BCUT2D eigenvalue weighted by Gasteiger charge is -2.01. The summed E-state index contributed by atoms with van der Waals surface area (Å²) in [4.78, 5) is 10.0. The van der Waals surface area contributed by atoms with E-state index in [4.69, 9.17) is 0 Å². The second-order valence-electron chi connectivity index (χ2n) is 2.06. The summed E-state index contributed by atoms with van der Waals surface area (Å²) in [5, 5.41) is 3.00. The van der Waals surface area contributed by atoms with Gasteiger partial charge in [-0.3, -0.25) is 4.79 Å². The zero-order valence-electron chi connectivity index (χ0n) is 4.85. The van der Waals surface area contributed by atoms with Crippen LogP contribution in [0.2, 0.25) is 0 Å². The Balaban J connectivity index is 2.49. The van der Waals surface area contributed by atoms with Crippen LogP contribution < -0.4 is 5.32 Å². The summed E-state index contributed by atoms with van der Waals surface area (Å²) < 4.78 is 0. The van der Waals surface area contributed by atoms with Crippen LogP contribution in [0, 0.1) is 0 Å². The molecule has 1 atom stereocenters. The first-order valence-electron chi connectivity index (χ1n) is 2.75. The van der Waals surface area contributed by atoms with Crippen molar-refractivity contribution in [2.24, 2.45) is 0 Å². The summed E-state index contributed by atoms with van der Waals surface area (Å²) in [7, 11) is 0. The van der Waals surface area contributed by atoms with Crippen LogP contribution >= 0.6 is 0 Å². The van der Waals surface area contributed by atoms with Crippen molar-refractivity contribution in [2.45, 2.75) is 19.4 Å². The van der Waals surface area contributed by atoms with Gasteiger partial charge >= 0.3 is 0 Å². The van der Waals surface area contributed by atoms with Crippen molar-refractivity contribution in [3.63, 3.8) is 0 Å². The van der Waals surface area contributed by atoms with E-state index < -0.39 is 0 Å². The number of aldehydes is 1. The van der Waals surface area contributed by atoms with E-state index in [-0.39, 0.29) is 0 Å². The molecular formula is C6H9NO. The molecule has 0 aromatic carbocycles. The molecule has 8 heavy (non-hydrogen) atoms. The maximum absolute atomic E-state index is 10.0. The molecule has 1 N–H and O–H groups in total. The molecule has 0 aromatic heterocycles. The van der Waals surface area contributed by atoms with Gasteiger partial charge in [0.2, 0.25) is 0 Å². The van der Waals surface area contributed by atoms with Gasteiger partial charge in [0.1, 0.15) is 0 Å². The summed E-state index contributed by atoms with van der Waals surface area (Å²) >= 11 is 0. The number of carbonyl (C=O) groups excluding carboxylic acids is 1. The van der Waals surface area contributed by atoms with Gasteiger partial charge in [-0.05, 0) is 13.3 Å². The van der Waals surface area contributed by atoms with Crippen molar-refractivity contribution in [2.75, 3.05) is 0 Å². The van der Waals surface area contributed by atoms with Crippen LogP contribution in [0.1, 0.15) is 13.3 Å². The number of carbonyl (C=O) groups is 1. The quantitative estimate of drug-likeness (QED) is 0.498. The Labute approximate surface area is 48.6 Å². The van der Waals surface area contributed by atoms with Crippen molar-refractivity contribution >= 4 is 6.29 Å². The molecule has 44 valence electrons. The summed E-state index contributed by atoms with van der Waals surface area (Å²) in [6, 6.07) is 0.454. The second-order valence-corrected chi connectivity index (χ2v) is 2.06. The van der Waals surface area contributed by atoms with Crippen LogP contribution in [0.15, 0.2) is 11.8 Å². The van der Waals surface area contributed by atoms with Gasteiger partial charge in [-0.2, -0.15) is 0 Å². The van der Waals surface area contributed by atoms with Crippen molar-refractivity contribution < 1.29 is 4.79 Å². The van der Waals surface area contributed by atoms with Crippen LogP contribution in [0.4, 0.5) is 0 Å². The molecule has 0 aromatic rings. The standard InChI is InChI=1S/C6H9NO/c1-5-2-3-6(4-8)7-5/h3-5,7H,2H2,1H3. The zero-order chi connectivity index (χ0) is 5.98. The zero-order valence-corrected chi connectivity index (χ0v) is 4.85. The number of allylic oxidation sites excluding steroid dienone is 1. The lowest BCUT2D eigenvalue weighted by molar-refractivity contribution is -0.105. The molecule has 2 heteroatoms. The minimum absolute atomic E-state index is 0.454. The number of nitrogens with one attached hydrogen (secondary N) is 1. The summed E-state index contributed by atoms with van der Waals surface area (Å²) in [5.41, 5.74) is 0.734. The van der Waals surface area contributed by atoms with Gasteiger partial charge in [0.05, 0.1) is 5.70 Å². The third kappa shape index (κ3) is 0.886. The number of rotatable bonds is 1. The van der Waals surface area contributed by atoms with E-state index in [0.29, 0.717) is 6.04 Å². The Morgan fingerprint density at radius 2 is 2.75 bits per heavy atom. The van der Waals surface area contributed by atoms with Crippen LogP contribution in [0.3, 0.4) is 0 Å². The molecule has 0 aliphatic carbocycles. The van der Waals surface area contributed by atoms with Gasteiger partial charge in [-0.1, -0.05) is 6.08 Å². The van der Waals surface area contributed by atoms with Crippen molar-refractivity contribution in [1.29, 1.82) is 0 Å². The first kappa shape index (κ1) is 5.35. The molecule has 0 radical (unpaired) electrons. The van der Waals surface area contributed by atoms with E-state index in [1.807, 2.05) is 13.0 Å². The molecule has 1 aliphatic rings. The topological polar surface area (TPSA) is 29.1 Å². The van der Waals surface area contributed by atoms with Gasteiger partial charge in [0, 0.05) is 6.04 Å². The summed E-state index contributed by atoms with van der Waals surface area (Å²) in [6.45, 7) is 2.05. The first-order chi connectivity index (χ1) is 3.83. The lowest BCUT2D eigenvalue weighted by Crippen LogP contribution is -2.18. The van der Waals surface area contributed by atoms with Crippen molar-refractivity contribution in [3.8, 4) is 0 Å². The van der Waals surface area contributed by atoms with Crippen LogP contribution in [-0.4, -0.2) is 12.3 Å². The van der Waals surface area contributed by atoms with Gasteiger partial charge in [0.25, 0.3) is 0 Å². The third-order valence-corrected chi connectivity index (χ3v) is 1.23. The highest BCUT2D eigenvalue weighted by Crippen LogP contribution is 2.04. The molecule has 1 rings (SSSR count). The monoisotopic (exact) mass is 111 g/mol. The molecular weight excluding hydrogens is 102 g/mol. The predicted octanol–water partition coefficient (Wildman–Crippen LogP) is 0.451.